The molecule has 76 valence electrons. The zero-order chi connectivity index (χ0) is 10.3. The molecule has 0 spiro atoms. The van der Waals surface area contributed by atoms with E-state index in [1.54, 1.807) is 6.92 Å². The summed E-state index contributed by atoms with van der Waals surface area (Å²) in [6.07, 6.45) is 3.99. The Labute approximate surface area is 81.0 Å². The molecule has 0 rings (SSSR count). The highest BCUT2D eigenvalue weighted by molar-refractivity contribution is 5.73. The van der Waals surface area contributed by atoms with E-state index in [4.69, 9.17) is 4.74 Å². The van der Waals surface area contributed by atoms with E-state index in [9.17, 15) is 4.79 Å². The molecule has 0 radical (unpaired) electrons. The Bertz CT molecular complexity index is 173. The molecule has 0 aromatic carbocycles. The van der Waals surface area contributed by atoms with Crippen LogP contribution in [0.3, 0.4) is 0 Å². The third kappa shape index (κ3) is 5.45. The number of carbonyl (C=O) groups is 1. The molecule has 0 N–H and O–H groups in total. The molecule has 1 atom stereocenters. The summed E-state index contributed by atoms with van der Waals surface area (Å²) in [5.41, 5.74) is 0. The van der Waals surface area contributed by atoms with Crippen LogP contribution in [0.5, 0.6) is 0 Å². The summed E-state index contributed by atoms with van der Waals surface area (Å²) in [5.74, 6) is 0.417. The van der Waals surface area contributed by atoms with Gasteiger partial charge in [0.05, 0.1) is 11.7 Å². The van der Waals surface area contributed by atoms with E-state index in [1.165, 1.54) is 0 Å². The summed E-state index contributed by atoms with van der Waals surface area (Å²) in [6.45, 7) is 9.38. The number of allylic oxidation sites excluding steroid dienone is 1. The number of esters is 1. The van der Waals surface area contributed by atoms with Crippen LogP contribution < -0.4 is 0 Å². The highest BCUT2D eigenvalue weighted by Gasteiger charge is 2.17. The molecule has 0 saturated heterocycles. The van der Waals surface area contributed by atoms with Crippen molar-refractivity contribution in [3.8, 4) is 0 Å². The fourth-order valence-electron chi connectivity index (χ4n) is 1.19. The molecular formula is C11H20O2. The number of ether oxygens (including phenoxy) is 1. The van der Waals surface area contributed by atoms with Crippen molar-refractivity contribution in [3.05, 3.63) is 12.3 Å². The Balaban J connectivity index is 3.91. The van der Waals surface area contributed by atoms with Gasteiger partial charge in [-0.05, 0) is 19.8 Å². The quantitative estimate of drug-likeness (QED) is 0.467. The maximum atomic E-state index is 11.4. The topological polar surface area (TPSA) is 26.3 Å². The minimum Gasteiger partial charge on any atom is -0.432 e. The number of hydrogen-bond donors (Lipinski definition) is 0. The van der Waals surface area contributed by atoms with Crippen molar-refractivity contribution in [3.63, 3.8) is 0 Å². The molecule has 0 heterocycles. The van der Waals surface area contributed by atoms with E-state index >= 15 is 0 Å². The average molecular weight is 184 g/mol. The summed E-state index contributed by atoms with van der Waals surface area (Å²) in [7, 11) is 0. The van der Waals surface area contributed by atoms with Gasteiger partial charge in [-0.15, -0.1) is 0 Å². The van der Waals surface area contributed by atoms with E-state index in [0.29, 0.717) is 5.76 Å². The number of rotatable bonds is 6. The Hall–Kier alpha value is -0.790. The third-order valence-electron chi connectivity index (χ3n) is 2.01. The lowest BCUT2D eigenvalue weighted by Gasteiger charge is -2.12. The molecule has 0 bridgehead atoms. The molecule has 1 unspecified atom stereocenters. The van der Waals surface area contributed by atoms with Crippen LogP contribution in [0.25, 0.3) is 0 Å². The van der Waals surface area contributed by atoms with Crippen molar-refractivity contribution in [2.45, 2.75) is 46.5 Å². The number of carbonyl (C=O) groups excluding carboxylic acids is 1. The van der Waals surface area contributed by atoms with Crippen LogP contribution in [-0.4, -0.2) is 5.97 Å². The molecule has 0 amide bonds. The lowest BCUT2D eigenvalue weighted by molar-refractivity contribution is -0.144. The van der Waals surface area contributed by atoms with Gasteiger partial charge in [-0.1, -0.05) is 33.3 Å². The lowest BCUT2D eigenvalue weighted by Crippen LogP contribution is -2.16. The van der Waals surface area contributed by atoms with Crippen molar-refractivity contribution in [1.29, 1.82) is 0 Å². The molecule has 13 heavy (non-hydrogen) atoms. The first-order chi connectivity index (χ1) is 6.11. The molecule has 0 aliphatic rings. The standard InChI is InChI=1S/C11H20O2/c1-5-7-8-10(6-2)11(12)13-9(3)4/h10H,3,5-8H2,1-2,4H3. The zero-order valence-corrected chi connectivity index (χ0v) is 8.93. The first-order valence-electron chi connectivity index (χ1n) is 4.99. The van der Waals surface area contributed by atoms with Gasteiger partial charge < -0.3 is 4.74 Å². The molecule has 0 aromatic rings. The van der Waals surface area contributed by atoms with E-state index in [1.807, 2.05) is 6.92 Å². The van der Waals surface area contributed by atoms with Crippen molar-refractivity contribution in [2.75, 3.05) is 0 Å². The summed E-state index contributed by atoms with van der Waals surface area (Å²) in [4.78, 5) is 11.4. The SMILES string of the molecule is C=C(C)OC(=O)C(CC)CCCC. The average Bonchev–Trinajstić information content (AvgIpc) is 2.04. The van der Waals surface area contributed by atoms with Gasteiger partial charge in [0.25, 0.3) is 0 Å². The van der Waals surface area contributed by atoms with Crippen LogP contribution in [0.2, 0.25) is 0 Å². The van der Waals surface area contributed by atoms with Gasteiger partial charge in [-0.25, -0.2) is 0 Å². The third-order valence-corrected chi connectivity index (χ3v) is 2.01. The lowest BCUT2D eigenvalue weighted by atomic mass is 10.00. The van der Waals surface area contributed by atoms with Crippen molar-refractivity contribution in [1.82, 2.24) is 0 Å². The van der Waals surface area contributed by atoms with Crippen LogP contribution in [0.4, 0.5) is 0 Å². The Morgan fingerprint density at radius 1 is 1.46 bits per heavy atom. The molecule has 0 aromatic heterocycles. The first-order valence-corrected chi connectivity index (χ1v) is 4.99. The maximum Gasteiger partial charge on any atom is 0.313 e. The van der Waals surface area contributed by atoms with Gasteiger partial charge in [-0.3, -0.25) is 4.79 Å². The second-order valence-corrected chi connectivity index (χ2v) is 3.37. The van der Waals surface area contributed by atoms with Gasteiger partial charge in [0, 0.05) is 0 Å². The van der Waals surface area contributed by atoms with E-state index in [-0.39, 0.29) is 11.9 Å². The Morgan fingerprint density at radius 3 is 2.46 bits per heavy atom. The summed E-state index contributed by atoms with van der Waals surface area (Å²) >= 11 is 0. The summed E-state index contributed by atoms with van der Waals surface area (Å²) < 4.78 is 4.97. The largest absolute Gasteiger partial charge is 0.432 e. The van der Waals surface area contributed by atoms with Crippen LogP contribution in [0.1, 0.15) is 46.5 Å². The molecule has 0 saturated carbocycles. The van der Waals surface area contributed by atoms with E-state index < -0.39 is 0 Å². The molecule has 0 aliphatic heterocycles. The molecule has 2 heteroatoms. The van der Waals surface area contributed by atoms with Crippen molar-refractivity contribution < 1.29 is 9.53 Å². The Kier molecular flexibility index (Phi) is 6.29. The molecule has 0 aliphatic carbocycles. The van der Waals surface area contributed by atoms with Crippen LogP contribution in [0, 0.1) is 5.92 Å². The fraction of sp³-hybridized carbons (Fsp3) is 0.727. The van der Waals surface area contributed by atoms with Crippen LogP contribution in [-0.2, 0) is 9.53 Å². The monoisotopic (exact) mass is 184 g/mol. The predicted octanol–water partition coefficient (Wildman–Crippen LogP) is 3.28. The zero-order valence-electron chi connectivity index (χ0n) is 8.93. The van der Waals surface area contributed by atoms with E-state index in [0.717, 1.165) is 25.7 Å². The van der Waals surface area contributed by atoms with E-state index in [2.05, 4.69) is 13.5 Å². The Morgan fingerprint density at radius 2 is 2.08 bits per heavy atom. The number of unbranched alkanes of at least 4 members (excludes halogenated alkanes) is 1. The van der Waals surface area contributed by atoms with Gasteiger partial charge in [0.2, 0.25) is 0 Å². The van der Waals surface area contributed by atoms with Crippen LogP contribution in [0.15, 0.2) is 12.3 Å². The minimum absolute atomic E-state index is 0.0525. The normalized spacial score (nSPS) is 12.2. The molecule has 0 fully saturated rings. The minimum atomic E-state index is -0.122. The van der Waals surface area contributed by atoms with Crippen LogP contribution >= 0.6 is 0 Å². The highest BCUT2D eigenvalue weighted by Crippen LogP contribution is 2.15. The van der Waals surface area contributed by atoms with Gasteiger partial charge in [0.15, 0.2) is 0 Å². The fourth-order valence-corrected chi connectivity index (χ4v) is 1.19. The van der Waals surface area contributed by atoms with Gasteiger partial charge in [0.1, 0.15) is 0 Å². The summed E-state index contributed by atoms with van der Waals surface area (Å²) in [5, 5.41) is 0. The maximum absolute atomic E-state index is 11.4. The second-order valence-electron chi connectivity index (χ2n) is 3.37. The highest BCUT2D eigenvalue weighted by atomic mass is 16.5. The second kappa shape index (κ2) is 6.70. The number of hydrogen-bond acceptors (Lipinski definition) is 2. The van der Waals surface area contributed by atoms with Gasteiger partial charge >= 0.3 is 5.97 Å². The summed E-state index contributed by atoms with van der Waals surface area (Å²) in [6, 6.07) is 0. The van der Waals surface area contributed by atoms with Crippen molar-refractivity contribution in [2.24, 2.45) is 5.92 Å². The molecular weight excluding hydrogens is 164 g/mol. The first kappa shape index (κ1) is 12.2. The molecule has 2 nitrogen and oxygen atoms in total. The van der Waals surface area contributed by atoms with Gasteiger partial charge in [-0.2, -0.15) is 0 Å². The smallest absolute Gasteiger partial charge is 0.313 e. The van der Waals surface area contributed by atoms with Crippen molar-refractivity contribution >= 4 is 5.97 Å². The predicted molar refractivity (Wildman–Crippen MR) is 54.2 cm³/mol.